The number of fused-ring (bicyclic) bond motifs is 10. The summed E-state index contributed by atoms with van der Waals surface area (Å²) in [4.78, 5) is 50.7. The second-order valence-corrected chi connectivity index (χ2v) is 19.1. The van der Waals surface area contributed by atoms with Crippen molar-refractivity contribution in [2.75, 3.05) is 0 Å². The summed E-state index contributed by atoms with van der Waals surface area (Å²) in [5.41, 5.74) is 18.7. The van der Waals surface area contributed by atoms with Crippen LogP contribution < -0.4 is 0 Å². The van der Waals surface area contributed by atoms with Gasteiger partial charge in [0.25, 0.3) is 0 Å². The monoisotopic (exact) mass is 916 g/mol. The highest BCUT2D eigenvalue weighted by Crippen LogP contribution is 2.63. The molecule has 0 fully saturated rings. The van der Waals surface area contributed by atoms with Gasteiger partial charge in [0.15, 0.2) is 25.1 Å². The second-order valence-electron chi connectivity index (χ2n) is 19.1. The number of hydrogen-bond acceptors (Lipinski definition) is 4. The summed E-state index contributed by atoms with van der Waals surface area (Å²) in [5, 5.41) is 13.1. The van der Waals surface area contributed by atoms with Crippen LogP contribution in [0.25, 0.3) is 154 Å². The quantitative estimate of drug-likeness (QED) is 0.0865. The minimum Gasteiger partial charge on any atom is -0.298 e. The highest BCUT2D eigenvalue weighted by atomic mass is 16.1. The summed E-state index contributed by atoms with van der Waals surface area (Å²) >= 11 is 0. The number of carbonyl (C=O) groups excluding carboxylic acids is 4. The molecule has 0 spiro atoms. The minimum atomic E-state index is 0.362. The molecule has 72 heavy (non-hydrogen) atoms. The van der Waals surface area contributed by atoms with Crippen molar-refractivity contribution in [1.82, 2.24) is 0 Å². The number of carbonyl (C=O) groups is 4. The van der Waals surface area contributed by atoms with Crippen LogP contribution in [0.15, 0.2) is 194 Å². The summed E-state index contributed by atoms with van der Waals surface area (Å²) in [7, 11) is 0. The zero-order valence-electron chi connectivity index (χ0n) is 38.4. The van der Waals surface area contributed by atoms with Gasteiger partial charge < -0.3 is 0 Å². The van der Waals surface area contributed by atoms with Gasteiger partial charge in [-0.1, -0.05) is 170 Å². The minimum absolute atomic E-state index is 0.362. The summed E-state index contributed by atoms with van der Waals surface area (Å²) < 4.78 is 0. The van der Waals surface area contributed by atoms with Crippen LogP contribution in [0, 0.1) is 0 Å². The molecule has 0 radical (unpaired) electrons. The maximum Gasteiger partial charge on any atom is 0.150 e. The van der Waals surface area contributed by atoms with Crippen molar-refractivity contribution < 1.29 is 19.2 Å². The molecular weight excluding hydrogens is 881 g/mol. The Balaban J connectivity index is 1.09. The molecule has 4 nitrogen and oxygen atoms in total. The Morgan fingerprint density at radius 2 is 0.431 bits per heavy atom. The van der Waals surface area contributed by atoms with Gasteiger partial charge >= 0.3 is 0 Å². The van der Waals surface area contributed by atoms with E-state index in [2.05, 4.69) is 146 Å². The summed E-state index contributed by atoms with van der Waals surface area (Å²) in [6, 6.07) is 67.7. The van der Waals surface area contributed by atoms with Crippen molar-refractivity contribution in [3.63, 3.8) is 0 Å². The molecule has 0 heterocycles. The maximum absolute atomic E-state index is 12.7. The zero-order valence-corrected chi connectivity index (χ0v) is 38.4. The Hall–Kier alpha value is -9.64. The molecule has 0 aromatic heterocycles. The first kappa shape index (κ1) is 40.3. The maximum atomic E-state index is 12.7. The molecule has 13 aromatic carbocycles. The topological polar surface area (TPSA) is 68.3 Å². The van der Waals surface area contributed by atoms with E-state index in [1.54, 1.807) is 0 Å². The van der Waals surface area contributed by atoms with E-state index in [0.29, 0.717) is 22.3 Å². The molecule has 2 aliphatic carbocycles. The van der Waals surface area contributed by atoms with Gasteiger partial charge in [-0.3, -0.25) is 19.2 Å². The predicted molar refractivity (Wildman–Crippen MR) is 295 cm³/mol. The van der Waals surface area contributed by atoms with Crippen molar-refractivity contribution in [2.24, 2.45) is 0 Å². The number of benzene rings is 13. The van der Waals surface area contributed by atoms with Crippen molar-refractivity contribution in [3.8, 4) is 89.0 Å². The lowest BCUT2D eigenvalue weighted by Crippen LogP contribution is -1.97. The van der Waals surface area contributed by atoms with Gasteiger partial charge in [-0.15, -0.1) is 0 Å². The second kappa shape index (κ2) is 14.9. The fourth-order valence-corrected chi connectivity index (χ4v) is 13.0. The summed E-state index contributed by atoms with van der Waals surface area (Å²) in [6.07, 6.45) is 3.16. The Kier molecular flexibility index (Phi) is 8.35. The van der Waals surface area contributed by atoms with Crippen LogP contribution in [-0.2, 0) is 0 Å². The van der Waals surface area contributed by atoms with E-state index < -0.39 is 0 Å². The van der Waals surface area contributed by atoms with Crippen LogP contribution in [0.3, 0.4) is 0 Å². The lowest BCUT2D eigenvalue weighted by molar-refractivity contribution is 0.109. The van der Waals surface area contributed by atoms with Crippen LogP contribution in [-0.4, -0.2) is 25.1 Å². The Morgan fingerprint density at radius 3 is 0.639 bits per heavy atom. The molecule has 0 saturated carbocycles. The van der Waals surface area contributed by atoms with E-state index in [4.69, 9.17) is 0 Å². The zero-order chi connectivity index (χ0) is 47.9. The van der Waals surface area contributed by atoms with E-state index in [0.717, 1.165) is 157 Å². The molecular formula is C68H36O4. The Labute approximate surface area is 412 Å². The molecule has 0 unspecified atom stereocenters. The molecule has 15 rings (SSSR count). The molecule has 0 atom stereocenters. The van der Waals surface area contributed by atoms with Gasteiger partial charge in [-0.25, -0.2) is 0 Å². The summed E-state index contributed by atoms with van der Waals surface area (Å²) in [6.45, 7) is 0. The highest BCUT2D eigenvalue weighted by Gasteiger charge is 2.36. The third-order valence-electron chi connectivity index (χ3n) is 15.8. The van der Waals surface area contributed by atoms with E-state index in [-0.39, 0.29) is 0 Å². The van der Waals surface area contributed by atoms with E-state index in [1.165, 1.54) is 21.5 Å². The number of rotatable bonds is 8. The third-order valence-corrected chi connectivity index (χ3v) is 15.8. The van der Waals surface area contributed by atoms with Gasteiger partial charge in [0.2, 0.25) is 0 Å². The van der Waals surface area contributed by atoms with Crippen molar-refractivity contribution in [2.45, 2.75) is 0 Å². The van der Waals surface area contributed by atoms with Gasteiger partial charge in [-0.2, -0.15) is 0 Å². The lowest BCUT2D eigenvalue weighted by atomic mass is 9.81. The number of aldehydes is 4. The van der Waals surface area contributed by atoms with Crippen LogP contribution in [0.1, 0.15) is 41.4 Å². The first-order chi connectivity index (χ1) is 35.6. The van der Waals surface area contributed by atoms with Gasteiger partial charge in [0.1, 0.15) is 0 Å². The summed E-state index contributed by atoms with van der Waals surface area (Å²) in [5.74, 6) is 0. The molecule has 0 N–H and O–H groups in total. The average molecular weight is 917 g/mol. The van der Waals surface area contributed by atoms with Crippen LogP contribution in [0.5, 0.6) is 0 Å². The fourth-order valence-electron chi connectivity index (χ4n) is 13.0. The van der Waals surface area contributed by atoms with Crippen LogP contribution in [0.4, 0.5) is 0 Å². The fraction of sp³-hybridized carbons (Fsp3) is 0. The van der Waals surface area contributed by atoms with E-state index in [9.17, 15) is 19.2 Å². The van der Waals surface area contributed by atoms with Crippen LogP contribution in [0.2, 0.25) is 0 Å². The Bertz CT molecular complexity index is 4010. The lowest BCUT2D eigenvalue weighted by Gasteiger charge is -2.21. The van der Waals surface area contributed by atoms with Gasteiger partial charge in [-0.05, 0) is 178 Å². The van der Waals surface area contributed by atoms with Gasteiger partial charge in [0.05, 0.1) is 0 Å². The highest BCUT2D eigenvalue weighted by molar-refractivity contribution is 6.42. The normalized spacial score (nSPS) is 12.1. The van der Waals surface area contributed by atoms with Crippen molar-refractivity contribution >= 4 is 89.8 Å². The first-order valence-electron chi connectivity index (χ1n) is 24.2. The molecule has 2 aliphatic rings. The molecule has 332 valence electrons. The number of hydrogen-bond donors (Lipinski definition) is 0. The molecule has 4 heteroatoms. The van der Waals surface area contributed by atoms with E-state index in [1.807, 2.05) is 48.5 Å². The standard InChI is InChI=1S/C68H36O4/c69-33-41-29-53-54(30-42(41)34-70)58(38-15-7-2-8-16-38)66-50-26-22-46-48-24-28-52-64-51(27-23-47(62(48)64)45-21-25-49(63(50)61(45)46)65(66)57(53)37-13-5-1-6-14-37)67-59(39-17-9-3-10-18-39)55-31-43(35-71)44(36-72)32-56(55)60(68(52)67)40-19-11-4-12-20-40/h1-36H. The third kappa shape index (κ3) is 5.19. The molecule has 0 bridgehead atoms. The van der Waals surface area contributed by atoms with E-state index >= 15 is 0 Å². The Morgan fingerprint density at radius 1 is 0.208 bits per heavy atom. The smallest absolute Gasteiger partial charge is 0.150 e. The SMILES string of the molecule is O=Cc1cc2c(-c3ccccc3)c3c(c(-c4ccccc4)c2cc1C=O)-c1ccc2c4ccc5c6c(ccc(c7ccc-3c1c72)c64)-c1c-5c(-c2ccccc2)c2cc(C=O)c(C=O)cc2c1-c1ccccc1. The van der Waals surface area contributed by atoms with Gasteiger partial charge in [0, 0.05) is 22.3 Å². The molecule has 0 aliphatic heterocycles. The largest absolute Gasteiger partial charge is 0.298 e. The average Bonchev–Trinajstić information content (AvgIpc) is 3.96. The van der Waals surface area contributed by atoms with Crippen LogP contribution >= 0.6 is 0 Å². The first-order valence-corrected chi connectivity index (χ1v) is 24.2. The molecule has 0 saturated heterocycles. The van der Waals surface area contributed by atoms with Crippen molar-refractivity contribution in [3.05, 3.63) is 216 Å². The molecule has 0 amide bonds. The van der Waals surface area contributed by atoms with Crippen molar-refractivity contribution in [1.29, 1.82) is 0 Å². The molecule has 13 aromatic rings. The predicted octanol–water partition coefficient (Wildman–Crippen LogP) is 17.3.